The summed E-state index contributed by atoms with van der Waals surface area (Å²) in [4.78, 5) is 36.4. The Morgan fingerprint density at radius 3 is 2.43 bits per heavy atom. The zero-order valence-electron chi connectivity index (χ0n) is 16.0. The number of nitrogens with zero attached hydrogens (tertiary/aromatic N) is 2. The minimum atomic E-state index is -0.909. The van der Waals surface area contributed by atoms with Gasteiger partial charge in [-0.1, -0.05) is 17.7 Å². The predicted octanol–water partition coefficient (Wildman–Crippen LogP) is 3.11. The van der Waals surface area contributed by atoms with Gasteiger partial charge < -0.3 is 10.6 Å². The van der Waals surface area contributed by atoms with Crippen LogP contribution in [0, 0.1) is 18.6 Å². The summed E-state index contributed by atoms with van der Waals surface area (Å²) in [5.41, 5.74) is 0.945. The van der Waals surface area contributed by atoms with Gasteiger partial charge in [0.2, 0.25) is 5.91 Å². The summed E-state index contributed by atoms with van der Waals surface area (Å²) < 4.78 is 27.5. The highest BCUT2D eigenvalue weighted by molar-refractivity contribution is 6.02. The summed E-state index contributed by atoms with van der Waals surface area (Å²) >= 11 is 0. The van der Waals surface area contributed by atoms with E-state index in [1.165, 1.54) is 12.1 Å². The molecule has 1 aromatic heterocycles. The quantitative estimate of drug-likeness (QED) is 0.651. The lowest BCUT2D eigenvalue weighted by Gasteiger charge is -2.09. The summed E-state index contributed by atoms with van der Waals surface area (Å²) in [6.07, 6.45) is -0.202. The van der Waals surface area contributed by atoms with Gasteiger partial charge in [-0.2, -0.15) is 5.10 Å². The van der Waals surface area contributed by atoms with Crippen LogP contribution >= 0.6 is 0 Å². The van der Waals surface area contributed by atoms with E-state index in [-0.39, 0.29) is 24.3 Å². The fraction of sp³-hybridized carbons (Fsp3) is 0.143. The Labute approximate surface area is 170 Å². The molecule has 0 bridgehead atoms. The van der Waals surface area contributed by atoms with Gasteiger partial charge in [0.1, 0.15) is 17.3 Å². The number of hydrogen-bond donors (Lipinski definition) is 2. The summed E-state index contributed by atoms with van der Waals surface area (Å²) in [7, 11) is 0. The van der Waals surface area contributed by atoms with E-state index in [0.717, 1.165) is 22.4 Å². The maximum absolute atomic E-state index is 13.6. The highest BCUT2D eigenvalue weighted by Crippen LogP contribution is 2.15. The smallest absolute Gasteiger partial charge is 0.276 e. The highest BCUT2D eigenvalue weighted by atomic mass is 19.1. The first-order valence-electron chi connectivity index (χ1n) is 9.03. The molecular formula is C21H18F2N4O3. The predicted molar refractivity (Wildman–Crippen MR) is 107 cm³/mol. The number of aromatic nitrogens is 2. The number of benzene rings is 2. The Kier molecular flexibility index (Phi) is 6.31. The fourth-order valence-corrected chi connectivity index (χ4v) is 2.57. The molecule has 30 heavy (non-hydrogen) atoms. The van der Waals surface area contributed by atoms with Crippen molar-refractivity contribution >= 4 is 23.2 Å². The first-order chi connectivity index (χ1) is 14.3. The fourth-order valence-electron chi connectivity index (χ4n) is 2.57. The summed E-state index contributed by atoms with van der Waals surface area (Å²) in [6.45, 7) is 1.79. The van der Waals surface area contributed by atoms with Gasteiger partial charge in [0, 0.05) is 24.2 Å². The second kappa shape index (κ2) is 9.08. The van der Waals surface area contributed by atoms with Crippen LogP contribution in [0.15, 0.2) is 59.4 Å². The van der Waals surface area contributed by atoms with Gasteiger partial charge in [-0.25, -0.2) is 13.5 Å². The molecule has 0 saturated heterocycles. The lowest BCUT2D eigenvalue weighted by atomic mass is 10.2. The number of carbonyl (C=O) groups excluding carboxylic acids is 2. The molecule has 2 amide bonds. The van der Waals surface area contributed by atoms with Crippen molar-refractivity contribution in [3.63, 3.8) is 0 Å². The zero-order valence-corrected chi connectivity index (χ0v) is 16.0. The molecule has 0 fully saturated rings. The van der Waals surface area contributed by atoms with Crippen LogP contribution in [0.4, 0.5) is 20.2 Å². The van der Waals surface area contributed by atoms with Crippen LogP contribution in [0.5, 0.6) is 0 Å². The molecular weight excluding hydrogens is 394 g/mol. The Morgan fingerprint density at radius 1 is 1.00 bits per heavy atom. The van der Waals surface area contributed by atoms with Crippen molar-refractivity contribution in [2.45, 2.75) is 19.9 Å². The average molecular weight is 412 g/mol. The third kappa shape index (κ3) is 5.34. The molecule has 0 aliphatic heterocycles. The van der Waals surface area contributed by atoms with Gasteiger partial charge in [0.25, 0.3) is 11.5 Å². The second-order valence-electron chi connectivity index (χ2n) is 6.52. The highest BCUT2D eigenvalue weighted by Gasteiger charge is 2.12. The van der Waals surface area contributed by atoms with E-state index in [4.69, 9.17) is 0 Å². The standard InChI is InChI=1S/C21H18F2N4O3/c1-13-2-5-15(6-3-13)24-21(30)18-8-9-20(29)27(26-18)11-10-19(28)25-17-7-4-14(22)12-16(17)23/h2-9,12H,10-11H2,1H3,(H,24,30)(H,25,28). The van der Waals surface area contributed by atoms with Gasteiger partial charge in [0.15, 0.2) is 0 Å². The molecule has 0 radical (unpaired) electrons. The molecule has 3 aromatic rings. The lowest BCUT2D eigenvalue weighted by molar-refractivity contribution is -0.116. The normalized spacial score (nSPS) is 10.5. The van der Waals surface area contributed by atoms with Crippen LogP contribution < -0.4 is 16.2 Å². The van der Waals surface area contributed by atoms with E-state index in [2.05, 4.69) is 15.7 Å². The van der Waals surface area contributed by atoms with Crippen LogP contribution in [0.3, 0.4) is 0 Å². The van der Waals surface area contributed by atoms with Crippen molar-refractivity contribution in [3.05, 3.63) is 87.8 Å². The van der Waals surface area contributed by atoms with Crippen molar-refractivity contribution in [1.29, 1.82) is 0 Å². The average Bonchev–Trinajstić information content (AvgIpc) is 2.71. The minimum Gasteiger partial charge on any atom is -0.324 e. The van der Waals surface area contributed by atoms with E-state index < -0.39 is 29.0 Å². The number of aryl methyl sites for hydroxylation is 2. The van der Waals surface area contributed by atoms with Crippen LogP contribution in [-0.2, 0) is 11.3 Å². The van der Waals surface area contributed by atoms with Crippen molar-refractivity contribution in [3.8, 4) is 0 Å². The van der Waals surface area contributed by atoms with Crippen LogP contribution in [0.1, 0.15) is 22.5 Å². The Hall–Kier alpha value is -3.88. The second-order valence-corrected chi connectivity index (χ2v) is 6.52. The van der Waals surface area contributed by atoms with Gasteiger partial charge in [-0.05, 0) is 37.3 Å². The molecule has 9 heteroatoms. The largest absolute Gasteiger partial charge is 0.324 e. The van der Waals surface area contributed by atoms with E-state index in [1.807, 2.05) is 19.1 Å². The summed E-state index contributed by atoms with van der Waals surface area (Å²) in [5.74, 6) is -2.77. The third-order valence-electron chi connectivity index (χ3n) is 4.16. The molecule has 2 aromatic carbocycles. The number of halogens is 2. The number of nitrogens with one attached hydrogen (secondary N) is 2. The van der Waals surface area contributed by atoms with Crippen LogP contribution in [0.25, 0.3) is 0 Å². The van der Waals surface area contributed by atoms with Crippen molar-refractivity contribution in [2.24, 2.45) is 0 Å². The van der Waals surface area contributed by atoms with Crippen LogP contribution in [0.2, 0.25) is 0 Å². The van der Waals surface area contributed by atoms with E-state index in [9.17, 15) is 23.2 Å². The molecule has 0 unspecified atom stereocenters. The Balaban J connectivity index is 1.64. The number of rotatable bonds is 6. The number of amides is 2. The van der Waals surface area contributed by atoms with E-state index in [1.54, 1.807) is 12.1 Å². The Bertz CT molecular complexity index is 1140. The van der Waals surface area contributed by atoms with Crippen molar-refractivity contribution < 1.29 is 18.4 Å². The number of carbonyl (C=O) groups is 2. The zero-order chi connectivity index (χ0) is 21.7. The minimum absolute atomic E-state index is 0.000150. The molecule has 0 aliphatic carbocycles. The topological polar surface area (TPSA) is 93.1 Å². The van der Waals surface area contributed by atoms with Crippen LogP contribution in [-0.4, -0.2) is 21.6 Å². The first kappa shape index (κ1) is 20.8. The SMILES string of the molecule is Cc1ccc(NC(=O)c2ccc(=O)n(CCC(=O)Nc3ccc(F)cc3F)n2)cc1. The first-order valence-corrected chi connectivity index (χ1v) is 9.03. The third-order valence-corrected chi connectivity index (χ3v) is 4.16. The molecule has 0 atom stereocenters. The Morgan fingerprint density at radius 2 is 1.73 bits per heavy atom. The monoisotopic (exact) mass is 412 g/mol. The molecule has 154 valence electrons. The molecule has 1 heterocycles. The molecule has 7 nitrogen and oxygen atoms in total. The maximum Gasteiger partial charge on any atom is 0.276 e. The molecule has 2 N–H and O–H groups in total. The number of anilines is 2. The van der Waals surface area contributed by atoms with Crippen molar-refractivity contribution in [2.75, 3.05) is 10.6 Å². The summed E-state index contributed by atoms with van der Waals surface area (Å²) in [5, 5.41) is 8.95. The molecule has 0 spiro atoms. The van der Waals surface area contributed by atoms with Gasteiger partial charge >= 0.3 is 0 Å². The van der Waals surface area contributed by atoms with Gasteiger partial charge in [-0.15, -0.1) is 0 Å². The van der Waals surface area contributed by atoms with Gasteiger partial charge in [-0.3, -0.25) is 14.4 Å². The lowest BCUT2D eigenvalue weighted by Crippen LogP contribution is -2.28. The summed E-state index contributed by atoms with van der Waals surface area (Å²) in [6, 6.07) is 12.4. The molecule has 0 saturated carbocycles. The number of hydrogen-bond acceptors (Lipinski definition) is 4. The molecule has 0 aliphatic rings. The molecule has 3 rings (SSSR count). The maximum atomic E-state index is 13.6. The van der Waals surface area contributed by atoms with Crippen molar-refractivity contribution in [1.82, 2.24) is 9.78 Å². The van der Waals surface area contributed by atoms with E-state index >= 15 is 0 Å². The van der Waals surface area contributed by atoms with E-state index in [0.29, 0.717) is 11.8 Å². The van der Waals surface area contributed by atoms with Gasteiger partial charge in [0.05, 0.1) is 12.2 Å².